The highest BCUT2D eigenvalue weighted by Crippen LogP contribution is 2.33. The molecule has 0 spiro atoms. The lowest BCUT2D eigenvalue weighted by atomic mass is 10.1. The largest absolute Gasteiger partial charge is 0.497 e. The summed E-state index contributed by atoms with van der Waals surface area (Å²) in [6.07, 6.45) is 0.966. The van der Waals surface area contributed by atoms with Crippen LogP contribution in [0.25, 0.3) is 0 Å². The van der Waals surface area contributed by atoms with E-state index in [1.165, 1.54) is 10.4 Å². The summed E-state index contributed by atoms with van der Waals surface area (Å²) >= 11 is 5.50. The topological polar surface area (TPSA) is 18.5 Å². The maximum atomic E-state index is 5.28. The molecular weight excluding hydrogens is 312 g/mol. The molecule has 0 radical (unpaired) electrons. The predicted octanol–water partition coefficient (Wildman–Crippen LogP) is 4.44. The fraction of sp³-hybridized carbons (Fsp3) is 0.286. The molecule has 0 amide bonds. The van der Waals surface area contributed by atoms with E-state index in [0.29, 0.717) is 0 Å². The van der Waals surface area contributed by atoms with E-state index in [2.05, 4.69) is 33.4 Å². The van der Waals surface area contributed by atoms with Crippen molar-refractivity contribution in [3.8, 4) is 11.5 Å². The Labute approximate surface area is 120 Å². The molecule has 2 nitrogen and oxygen atoms in total. The van der Waals surface area contributed by atoms with Gasteiger partial charge in [-0.15, -0.1) is 11.3 Å². The zero-order valence-corrected chi connectivity index (χ0v) is 12.8. The fourth-order valence-electron chi connectivity index (χ4n) is 1.73. The maximum Gasteiger partial charge on any atom is 0.122 e. The highest BCUT2D eigenvalue weighted by molar-refractivity contribution is 9.09. The summed E-state index contributed by atoms with van der Waals surface area (Å²) in [7, 11) is 3.34. The van der Waals surface area contributed by atoms with E-state index in [1.54, 1.807) is 25.6 Å². The lowest BCUT2D eigenvalue weighted by Gasteiger charge is -2.12. The van der Waals surface area contributed by atoms with Gasteiger partial charge in [-0.2, -0.15) is 0 Å². The number of hydrogen-bond donors (Lipinski definition) is 0. The Bertz CT molecular complexity index is 474. The average molecular weight is 327 g/mol. The smallest absolute Gasteiger partial charge is 0.122 e. The van der Waals surface area contributed by atoms with Crippen LogP contribution in [0.4, 0.5) is 0 Å². The van der Waals surface area contributed by atoms with Crippen LogP contribution in [-0.2, 0) is 6.42 Å². The number of methoxy groups -OCH3 is 2. The van der Waals surface area contributed by atoms with Crippen LogP contribution in [-0.4, -0.2) is 14.2 Å². The van der Waals surface area contributed by atoms with Crippen molar-refractivity contribution in [3.05, 3.63) is 46.2 Å². The standard InChI is InChI=1S/C14H15BrO2S/c1-16-11-6-10(7-12(8-11)17-2)14(15)9-13-4-3-5-18-13/h3-8,14H,9H2,1-2H3. The van der Waals surface area contributed by atoms with Gasteiger partial charge in [0, 0.05) is 15.8 Å². The van der Waals surface area contributed by atoms with Crippen LogP contribution < -0.4 is 9.47 Å². The Balaban J connectivity index is 2.20. The summed E-state index contributed by atoms with van der Waals surface area (Å²) in [5.41, 5.74) is 1.17. The van der Waals surface area contributed by atoms with Crippen molar-refractivity contribution in [2.24, 2.45) is 0 Å². The van der Waals surface area contributed by atoms with Crippen molar-refractivity contribution < 1.29 is 9.47 Å². The Kier molecular flexibility index (Phi) is 4.66. The first-order valence-corrected chi connectivity index (χ1v) is 7.42. The van der Waals surface area contributed by atoms with Gasteiger partial charge in [0.05, 0.1) is 14.2 Å². The molecule has 0 saturated carbocycles. The van der Waals surface area contributed by atoms with Crippen molar-refractivity contribution in [3.63, 3.8) is 0 Å². The molecular formula is C14H15BrO2S. The molecule has 0 fully saturated rings. The second kappa shape index (κ2) is 6.25. The second-order valence-electron chi connectivity index (χ2n) is 3.90. The van der Waals surface area contributed by atoms with Crippen LogP contribution in [0.3, 0.4) is 0 Å². The number of thiophene rings is 1. The van der Waals surface area contributed by atoms with Crippen LogP contribution in [0, 0.1) is 0 Å². The van der Waals surface area contributed by atoms with Crippen molar-refractivity contribution in [1.82, 2.24) is 0 Å². The molecule has 1 unspecified atom stereocenters. The van der Waals surface area contributed by atoms with Gasteiger partial charge in [0.25, 0.3) is 0 Å². The van der Waals surface area contributed by atoms with Gasteiger partial charge >= 0.3 is 0 Å². The average Bonchev–Trinajstić information content (AvgIpc) is 2.90. The number of benzene rings is 1. The molecule has 0 bridgehead atoms. The van der Waals surface area contributed by atoms with Gasteiger partial charge in [-0.25, -0.2) is 0 Å². The number of ether oxygens (including phenoxy) is 2. The second-order valence-corrected chi connectivity index (χ2v) is 6.03. The third kappa shape index (κ3) is 3.27. The van der Waals surface area contributed by atoms with Crippen molar-refractivity contribution in [2.75, 3.05) is 14.2 Å². The zero-order valence-electron chi connectivity index (χ0n) is 10.4. The van der Waals surface area contributed by atoms with Gasteiger partial charge < -0.3 is 9.47 Å². The van der Waals surface area contributed by atoms with E-state index in [4.69, 9.17) is 9.47 Å². The molecule has 1 atom stereocenters. The number of alkyl halides is 1. The van der Waals surface area contributed by atoms with Crippen LogP contribution in [0.5, 0.6) is 11.5 Å². The molecule has 0 saturated heterocycles. The Morgan fingerprint density at radius 1 is 1.17 bits per heavy atom. The summed E-state index contributed by atoms with van der Waals surface area (Å²) in [6.45, 7) is 0. The molecule has 1 aromatic heterocycles. The minimum atomic E-state index is 0.264. The molecule has 2 rings (SSSR count). The molecule has 1 aromatic carbocycles. The molecule has 0 aliphatic heterocycles. The number of rotatable bonds is 5. The highest BCUT2D eigenvalue weighted by atomic mass is 79.9. The monoisotopic (exact) mass is 326 g/mol. The zero-order chi connectivity index (χ0) is 13.0. The quantitative estimate of drug-likeness (QED) is 0.756. The molecule has 0 aliphatic carbocycles. The molecule has 1 heterocycles. The van der Waals surface area contributed by atoms with Gasteiger partial charge in [-0.1, -0.05) is 22.0 Å². The van der Waals surface area contributed by atoms with Gasteiger partial charge in [-0.05, 0) is 35.6 Å². The lowest BCUT2D eigenvalue weighted by Crippen LogP contribution is -1.96. The SMILES string of the molecule is COc1cc(OC)cc(C(Br)Cc2cccs2)c1. The van der Waals surface area contributed by atoms with E-state index < -0.39 is 0 Å². The van der Waals surface area contributed by atoms with Crippen molar-refractivity contribution >= 4 is 27.3 Å². The van der Waals surface area contributed by atoms with Crippen molar-refractivity contribution in [1.29, 1.82) is 0 Å². The minimum absolute atomic E-state index is 0.264. The van der Waals surface area contributed by atoms with Gasteiger partial charge in [0.2, 0.25) is 0 Å². The fourth-order valence-corrected chi connectivity index (χ4v) is 3.31. The summed E-state index contributed by atoms with van der Waals surface area (Å²) in [5.74, 6) is 1.64. The van der Waals surface area contributed by atoms with Crippen LogP contribution in [0.1, 0.15) is 15.3 Å². The molecule has 0 aliphatic rings. The molecule has 18 heavy (non-hydrogen) atoms. The Morgan fingerprint density at radius 3 is 2.33 bits per heavy atom. The Morgan fingerprint density at radius 2 is 1.83 bits per heavy atom. The summed E-state index contributed by atoms with van der Waals surface area (Å²) in [5, 5.41) is 2.10. The molecule has 0 N–H and O–H groups in total. The van der Waals surface area contributed by atoms with E-state index in [1.807, 2.05) is 18.2 Å². The van der Waals surface area contributed by atoms with Gasteiger partial charge in [0.15, 0.2) is 0 Å². The number of halogens is 1. The van der Waals surface area contributed by atoms with Crippen LogP contribution >= 0.6 is 27.3 Å². The summed E-state index contributed by atoms with van der Waals surface area (Å²) in [4.78, 5) is 1.62. The molecule has 4 heteroatoms. The minimum Gasteiger partial charge on any atom is -0.497 e. The third-order valence-electron chi connectivity index (χ3n) is 2.70. The number of hydrogen-bond acceptors (Lipinski definition) is 3. The summed E-state index contributed by atoms with van der Waals surface area (Å²) < 4.78 is 10.6. The van der Waals surface area contributed by atoms with Gasteiger partial charge in [-0.3, -0.25) is 0 Å². The van der Waals surface area contributed by atoms with Gasteiger partial charge in [0.1, 0.15) is 11.5 Å². The van der Waals surface area contributed by atoms with Crippen LogP contribution in [0.15, 0.2) is 35.7 Å². The molecule has 2 aromatic rings. The normalized spacial score (nSPS) is 12.2. The first-order chi connectivity index (χ1) is 8.72. The highest BCUT2D eigenvalue weighted by Gasteiger charge is 2.12. The van der Waals surface area contributed by atoms with E-state index in [0.717, 1.165) is 17.9 Å². The van der Waals surface area contributed by atoms with E-state index in [-0.39, 0.29) is 4.83 Å². The predicted molar refractivity (Wildman–Crippen MR) is 79.2 cm³/mol. The van der Waals surface area contributed by atoms with E-state index in [9.17, 15) is 0 Å². The van der Waals surface area contributed by atoms with Crippen molar-refractivity contribution in [2.45, 2.75) is 11.2 Å². The van der Waals surface area contributed by atoms with Crippen LogP contribution in [0.2, 0.25) is 0 Å². The third-order valence-corrected chi connectivity index (χ3v) is 4.45. The first-order valence-electron chi connectivity index (χ1n) is 5.62. The molecule has 96 valence electrons. The maximum absolute atomic E-state index is 5.28. The lowest BCUT2D eigenvalue weighted by molar-refractivity contribution is 0.393. The summed E-state index contributed by atoms with van der Waals surface area (Å²) in [6, 6.07) is 10.2. The Hall–Kier alpha value is -1.00. The first kappa shape index (κ1) is 13.4. The van der Waals surface area contributed by atoms with E-state index >= 15 is 0 Å².